The number of nitrogens with one attached hydrogen (secondary N) is 2. The van der Waals surface area contributed by atoms with Crippen LogP contribution < -0.4 is 14.8 Å². The molecule has 5 rings (SSSR count). The fourth-order valence-electron chi connectivity index (χ4n) is 6.60. The van der Waals surface area contributed by atoms with Gasteiger partial charge in [-0.25, -0.2) is 4.72 Å². The number of carbonyl (C=O) groups is 2. The summed E-state index contributed by atoms with van der Waals surface area (Å²) >= 11 is 0. The third-order valence-electron chi connectivity index (χ3n) is 8.96. The second-order valence-corrected chi connectivity index (χ2v) is 13.9. The van der Waals surface area contributed by atoms with Gasteiger partial charge < -0.3 is 14.6 Å². The second-order valence-electron chi connectivity index (χ2n) is 12.0. The molecule has 2 heterocycles. The average molecular weight is 634 g/mol. The van der Waals surface area contributed by atoms with Crippen molar-refractivity contribution in [3.63, 3.8) is 0 Å². The van der Waals surface area contributed by atoms with Gasteiger partial charge in [0, 0.05) is 48.9 Å². The van der Waals surface area contributed by atoms with E-state index in [1.165, 1.54) is 26.1 Å². The number of allylic oxidation sites excluding steroid dienone is 1. The molecule has 1 fully saturated rings. The van der Waals surface area contributed by atoms with Crippen molar-refractivity contribution in [2.75, 3.05) is 27.7 Å². The van der Waals surface area contributed by atoms with E-state index >= 15 is 0 Å². The first kappa shape index (κ1) is 32.4. The molecule has 2 aromatic carbocycles. The highest BCUT2D eigenvalue weighted by Crippen LogP contribution is 2.47. The van der Waals surface area contributed by atoms with Gasteiger partial charge in [0.2, 0.25) is 5.91 Å². The molecule has 0 bridgehead atoms. The van der Waals surface area contributed by atoms with E-state index < -0.39 is 22.0 Å². The third kappa shape index (κ3) is 6.69. The molecule has 3 aromatic rings. The first-order valence-electron chi connectivity index (χ1n) is 15.6. The molecule has 11 heteroatoms. The highest BCUT2D eigenvalue weighted by molar-refractivity contribution is 7.87. The minimum atomic E-state index is -3.97. The Kier molecular flexibility index (Phi) is 9.79. The molecule has 1 aliphatic carbocycles. The molecule has 0 radical (unpaired) electrons. The number of aliphatic imine (C=N–C) groups is 1. The lowest BCUT2D eigenvalue weighted by atomic mass is 9.81. The summed E-state index contributed by atoms with van der Waals surface area (Å²) in [5.74, 6) is -0.151. The number of hydrogen-bond donors (Lipinski definition) is 2. The number of amides is 2. The third-order valence-corrected chi connectivity index (χ3v) is 10.4. The Bertz CT molecular complexity index is 1770. The zero-order chi connectivity index (χ0) is 32.3. The van der Waals surface area contributed by atoms with Crippen molar-refractivity contribution >= 4 is 39.1 Å². The van der Waals surface area contributed by atoms with E-state index in [2.05, 4.69) is 25.7 Å². The van der Waals surface area contributed by atoms with Crippen LogP contribution in [0, 0.1) is 5.92 Å². The molecule has 1 saturated carbocycles. The molecule has 2 N–H and O–H groups in total. The predicted octanol–water partition coefficient (Wildman–Crippen LogP) is 5.18. The van der Waals surface area contributed by atoms with Gasteiger partial charge in [-0.1, -0.05) is 31.4 Å². The fourth-order valence-corrected chi connectivity index (χ4v) is 7.14. The van der Waals surface area contributed by atoms with Gasteiger partial charge in [-0.3, -0.25) is 14.6 Å². The number of aromatic nitrogens is 1. The number of carbonyl (C=O) groups excluding carboxylic acids is 2. The maximum Gasteiger partial charge on any atom is 0.303 e. The molecule has 10 nitrogen and oxygen atoms in total. The SMILES string of the molecule is CC=N/C(=C\C)CNC(=O)C1Cc2cc(OC)ccc2-c2c(C3CCCCC3)c3ccc(C(=O)NS(=O)(=O)N(C)C)cc3n2C1. The molecule has 45 heavy (non-hydrogen) atoms. The summed E-state index contributed by atoms with van der Waals surface area (Å²) in [4.78, 5) is 31.4. The predicted molar refractivity (Wildman–Crippen MR) is 178 cm³/mol. The van der Waals surface area contributed by atoms with Crippen molar-refractivity contribution in [3.05, 3.63) is 64.9 Å². The maximum atomic E-state index is 13.8. The molecule has 1 unspecified atom stereocenters. The lowest BCUT2D eigenvalue weighted by Gasteiger charge is -2.24. The molecule has 1 aromatic heterocycles. The van der Waals surface area contributed by atoms with Gasteiger partial charge in [0.1, 0.15) is 5.75 Å². The molecular weight excluding hydrogens is 590 g/mol. The Morgan fingerprint density at radius 3 is 2.51 bits per heavy atom. The summed E-state index contributed by atoms with van der Waals surface area (Å²) in [7, 11) is 0.407. The van der Waals surface area contributed by atoms with Crippen LogP contribution in [0.1, 0.15) is 73.4 Å². The van der Waals surface area contributed by atoms with Crippen LogP contribution in [0.15, 0.2) is 53.2 Å². The van der Waals surface area contributed by atoms with E-state index in [1.807, 2.05) is 38.1 Å². The van der Waals surface area contributed by atoms with Gasteiger partial charge in [0.25, 0.3) is 5.91 Å². The first-order valence-corrected chi connectivity index (χ1v) is 17.0. The van der Waals surface area contributed by atoms with Crippen molar-refractivity contribution in [1.82, 2.24) is 18.9 Å². The van der Waals surface area contributed by atoms with Gasteiger partial charge >= 0.3 is 10.2 Å². The zero-order valence-corrected chi connectivity index (χ0v) is 27.5. The molecule has 0 saturated heterocycles. The van der Waals surface area contributed by atoms with Crippen LogP contribution in [0.4, 0.5) is 0 Å². The van der Waals surface area contributed by atoms with Crippen molar-refractivity contribution < 1.29 is 22.7 Å². The number of fused-ring (bicyclic) bond motifs is 5. The maximum absolute atomic E-state index is 13.8. The number of hydrogen-bond acceptors (Lipinski definition) is 6. The standard InChI is InChI=1S/C34H43N5O5S/c1-6-26(35-7-2)20-36-33(40)25-17-24-18-27(44-5)14-16-28(24)32-31(22-11-9-8-10-12-22)29-15-13-23(19-30(29)39(32)21-25)34(41)37-45(42,43)38(3)4/h6-7,13-16,18-19,22,25H,8-12,17,20-21H2,1-5H3,(H,36,40)(H,37,41)/b26-6-,35-7?. The summed E-state index contributed by atoms with van der Waals surface area (Å²) in [6, 6.07) is 11.5. The molecule has 240 valence electrons. The van der Waals surface area contributed by atoms with E-state index in [9.17, 15) is 18.0 Å². The minimum absolute atomic E-state index is 0.0886. The van der Waals surface area contributed by atoms with Gasteiger partial charge in [0.15, 0.2) is 0 Å². The number of nitrogens with zero attached hydrogens (tertiary/aromatic N) is 3. The van der Waals surface area contributed by atoms with Crippen molar-refractivity contribution in [3.8, 4) is 17.0 Å². The van der Waals surface area contributed by atoms with Gasteiger partial charge in [-0.05, 0) is 80.5 Å². The van der Waals surface area contributed by atoms with Crippen LogP contribution in [-0.2, 0) is 28.0 Å². The number of rotatable bonds is 9. The minimum Gasteiger partial charge on any atom is -0.497 e. The van der Waals surface area contributed by atoms with E-state index in [4.69, 9.17) is 4.74 Å². The highest BCUT2D eigenvalue weighted by atomic mass is 32.2. The van der Waals surface area contributed by atoms with E-state index in [0.29, 0.717) is 25.4 Å². The summed E-state index contributed by atoms with van der Waals surface area (Å²) in [6.07, 6.45) is 9.73. The Balaban J connectivity index is 1.68. The summed E-state index contributed by atoms with van der Waals surface area (Å²) in [6.45, 7) is 4.45. The molecule has 1 aliphatic heterocycles. The zero-order valence-electron chi connectivity index (χ0n) is 26.7. The lowest BCUT2D eigenvalue weighted by Crippen LogP contribution is -2.39. The van der Waals surface area contributed by atoms with Crippen LogP contribution in [-0.4, -0.2) is 63.1 Å². The van der Waals surface area contributed by atoms with E-state index in [1.54, 1.807) is 25.5 Å². The molecule has 1 atom stereocenters. The Morgan fingerprint density at radius 1 is 1.09 bits per heavy atom. The van der Waals surface area contributed by atoms with Crippen LogP contribution >= 0.6 is 0 Å². The number of ether oxygens (including phenoxy) is 1. The second kappa shape index (κ2) is 13.6. The molecule has 0 spiro atoms. The monoisotopic (exact) mass is 633 g/mol. The van der Waals surface area contributed by atoms with Crippen molar-refractivity contribution in [2.45, 2.75) is 64.8 Å². The Morgan fingerprint density at radius 2 is 1.84 bits per heavy atom. The number of methoxy groups -OCH3 is 1. The van der Waals surface area contributed by atoms with Crippen LogP contribution in [0.2, 0.25) is 0 Å². The highest BCUT2D eigenvalue weighted by Gasteiger charge is 2.33. The first-order chi connectivity index (χ1) is 21.6. The molecular formula is C34H43N5O5S. The Labute approximate surface area is 265 Å². The van der Waals surface area contributed by atoms with Crippen LogP contribution in [0.3, 0.4) is 0 Å². The van der Waals surface area contributed by atoms with Crippen molar-refractivity contribution in [2.24, 2.45) is 10.9 Å². The van der Waals surface area contributed by atoms with Crippen molar-refractivity contribution in [1.29, 1.82) is 0 Å². The Hall–Kier alpha value is -3.96. The summed E-state index contributed by atoms with van der Waals surface area (Å²) in [5, 5.41) is 4.12. The normalized spacial score (nSPS) is 17.6. The largest absolute Gasteiger partial charge is 0.497 e. The summed E-state index contributed by atoms with van der Waals surface area (Å²) < 4.78 is 35.8. The quantitative estimate of drug-likeness (QED) is 0.315. The average Bonchev–Trinajstić information content (AvgIpc) is 3.25. The van der Waals surface area contributed by atoms with Gasteiger partial charge in [-0.15, -0.1) is 0 Å². The fraction of sp³-hybridized carbons (Fsp3) is 0.441. The van der Waals surface area contributed by atoms with Gasteiger partial charge in [0.05, 0.1) is 31.0 Å². The van der Waals surface area contributed by atoms with E-state index in [-0.39, 0.29) is 11.5 Å². The van der Waals surface area contributed by atoms with Crippen LogP contribution in [0.25, 0.3) is 22.2 Å². The molecule has 2 aliphatic rings. The van der Waals surface area contributed by atoms with Crippen LogP contribution in [0.5, 0.6) is 5.75 Å². The smallest absolute Gasteiger partial charge is 0.303 e. The topological polar surface area (TPSA) is 122 Å². The molecule has 2 amide bonds. The van der Waals surface area contributed by atoms with E-state index in [0.717, 1.165) is 69.2 Å². The number of benzene rings is 2. The van der Waals surface area contributed by atoms with Gasteiger partial charge in [-0.2, -0.15) is 12.7 Å². The summed E-state index contributed by atoms with van der Waals surface area (Å²) in [5.41, 5.74) is 6.20. The lowest BCUT2D eigenvalue weighted by molar-refractivity contribution is -0.125.